The molecule has 0 spiro atoms. The van der Waals surface area contributed by atoms with Gasteiger partial charge < -0.3 is 20.5 Å². The molecule has 1 aliphatic rings. The number of carbonyl (C=O) groups is 1. The molecule has 0 saturated heterocycles. The van der Waals surface area contributed by atoms with Gasteiger partial charge in [-0.15, -0.1) is 0 Å². The number of urea groups is 1. The molecule has 5 nitrogen and oxygen atoms in total. The van der Waals surface area contributed by atoms with Crippen molar-refractivity contribution in [3.05, 3.63) is 24.0 Å². The zero-order valence-electron chi connectivity index (χ0n) is 13.7. The van der Waals surface area contributed by atoms with E-state index < -0.39 is 17.4 Å². The molecule has 1 aromatic carbocycles. The Morgan fingerprint density at radius 1 is 1.48 bits per heavy atom. The number of anilines is 1. The van der Waals surface area contributed by atoms with Crippen LogP contribution >= 0.6 is 0 Å². The van der Waals surface area contributed by atoms with E-state index in [1.165, 1.54) is 18.2 Å². The lowest BCUT2D eigenvalue weighted by Gasteiger charge is -2.29. The number of nitrogens with one attached hydrogen (secondary N) is 2. The Morgan fingerprint density at radius 3 is 2.83 bits per heavy atom. The van der Waals surface area contributed by atoms with Gasteiger partial charge >= 0.3 is 6.03 Å². The van der Waals surface area contributed by atoms with Crippen molar-refractivity contribution in [2.24, 2.45) is 5.92 Å². The summed E-state index contributed by atoms with van der Waals surface area (Å²) in [5.74, 6) is 0.473. The second-order valence-corrected chi connectivity index (χ2v) is 6.36. The quantitative estimate of drug-likeness (QED) is 0.687. The van der Waals surface area contributed by atoms with Crippen molar-refractivity contribution in [2.45, 2.75) is 45.1 Å². The third kappa shape index (κ3) is 5.39. The molecule has 0 aliphatic heterocycles. The van der Waals surface area contributed by atoms with Crippen molar-refractivity contribution in [2.75, 3.05) is 18.5 Å². The van der Waals surface area contributed by atoms with Crippen LogP contribution in [0.15, 0.2) is 18.2 Å². The molecule has 6 heteroatoms. The van der Waals surface area contributed by atoms with Crippen molar-refractivity contribution in [1.82, 2.24) is 5.32 Å². The van der Waals surface area contributed by atoms with Crippen LogP contribution in [0.25, 0.3) is 0 Å². The minimum Gasteiger partial charge on any atom is -0.491 e. The summed E-state index contributed by atoms with van der Waals surface area (Å²) in [6.45, 7) is 4.35. The van der Waals surface area contributed by atoms with Gasteiger partial charge in [0, 0.05) is 18.2 Å². The maximum Gasteiger partial charge on any atom is 0.319 e. The third-order valence-electron chi connectivity index (χ3n) is 4.22. The van der Waals surface area contributed by atoms with Crippen molar-refractivity contribution in [1.29, 1.82) is 0 Å². The van der Waals surface area contributed by atoms with E-state index in [1.54, 1.807) is 0 Å². The summed E-state index contributed by atoms with van der Waals surface area (Å²) in [6.07, 6.45) is 3.42. The minimum absolute atomic E-state index is 0.00306. The smallest absolute Gasteiger partial charge is 0.319 e. The van der Waals surface area contributed by atoms with Gasteiger partial charge in [-0.1, -0.05) is 6.92 Å². The van der Waals surface area contributed by atoms with Crippen LogP contribution in [0.3, 0.4) is 0 Å². The van der Waals surface area contributed by atoms with Crippen molar-refractivity contribution in [3.63, 3.8) is 0 Å². The van der Waals surface area contributed by atoms with Crippen LogP contribution in [0.5, 0.6) is 5.75 Å². The first kappa shape index (κ1) is 17.5. The zero-order chi connectivity index (χ0) is 16.9. The van der Waals surface area contributed by atoms with E-state index in [0.717, 1.165) is 12.8 Å². The van der Waals surface area contributed by atoms with E-state index >= 15 is 0 Å². The van der Waals surface area contributed by atoms with E-state index in [9.17, 15) is 9.18 Å². The number of hydrogen-bond donors (Lipinski definition) is 3. The fourth-order valence-electron chi connectivity index (χ4n) is 2.21. The lowest BCUT2D eigenvalue weighted by Crippen LogP contribution is -2.48. The van der Waals surface area contributed by atoms with Crippen LogP contribution < -0.4 is 15.4 Å². The zero-order valence-corrected chi connectivity index (χ0v) is 13.7. The SMILES string of the molecule is CCC(C)(CCO)NC(=O)Nc1ccc(F)cc1OCC1CC1. The summed E-state index contributed by atoms with van der Waals surface area (Å²) in [6, 6.07) is 3.66. The molecule has 1 fully saturated rings. The first-order valence-corrected chi connectivity index (χ1v) is 8.08. The van der Waals surface area contributed by atoms with Crippen molar-refractivity contribution < 1.29 is 19.0 Å². The summed E-state index contributed by atoms with van der Waals surface area (Å²) in [7, 11) is 0. The molecule has 0 aromatic heterocycles. The Bertz CT molecular complexity index is 549. The maximum absolute atomic E-state index is 13.4. The van der Waals surface area contributed by atoms with Crippen LogP contribution in [-0.4, -0.2) is 29.9 Å². The van der Waals surface area contributed by atoms with Gasteiger partial charge in [-0.3, -0.25) is 0 Å². The van der Waals surface area contributed by atoms with Gasteiger partial charge in [0.15, 0.2) is 0 Å². The summed E-state index contributed by atoms with van der Waals surface area (Å²) >= 11 is 0. The highest BCUT2D eigenvalue weighted by Gasteiger charge is 2.25. The molecule has 0 heterocycles. The highest BCUT2D eigenvalue weighted by Crippen LogP contribution is 2.32. The van der Waals surface area contributed by atoms with Crippen LogP contribution in [0.2, 0.25) is 0 Å². The molecule has 1 unspecified atom stereocenters. The van der Waals surface area contributed by atoms with Crippen LogP contribution in [0.4, 0.5) is 14.9 Å². The number of hydrogen-bond acceptors (Lipinski definition) is 3. The van der Waals surface area contributed by atoms with E-state index in [-0.39, 0.29) is 6.61 Å². The number of halogens is 1. The van der Waals surface area contributed by atoms with Gasteiger partial charge in [0.2, 0.25) is 0 Å². The number of benzene rings is 1. The van der Waals surface area contributed by atoms with Gasteiger partial charge in [0.25, 0.3) is 0 Å². The molecular weight excluding hydrogens is 299 g/mol. The Balaban J connectivity index is 2.01. The largest absolute Gasteiger partial charge is 0.491 e. The summed E-state index contributed by atoms with van der Waals surface area (Å²) in [5.41, 5.74) is -0.0551. The number of aliphatic hydroxyl groups excluding tert-OH is 1. The van der Waals surface area contributed by atoms with Crippen molar-refractivity contribution in [3.8, 4) is 5.75 Å². The molecule has 0 radical (unpaired) electrons. The predicted octanol–water partition coefficient (Wildman–Crippen LogP) is 3.29. The highest BCUT2D eigenvalue weighted by molar-refractivity contribution is 5.91. The lowest BCUT2D eigenvalue weighted by molar-refractivity contribution is 0.208. The van der Waals surface area contributed by atoms with Crippen LogP contribution in [0.1, 0.15) is 39.5 Å². The van der Waals surface area contributed by atoms with Gasteiger partial charge in [0.1, 0.15) is 11.6 Å². The molecule has 23 heavy (non-hydrogen) atoms. The number of rotatable bonds is 8. The number of amides is 2. The van der Waals surface area contributed by atoms with Crippen molar-refractivity contribution >= 4 is 11.7 Å². The van der Waals surface area contributed by atoms with Gasteiger partial charge in [-0.05, 0) is 50.7 Å². The Morgan fingerprint density at radius 2 is 2.22 bits per heavy atom. The number of aliphatic hydroxyl groups is 1. The normalized spacial score (nSPS) is 16.5. The molecule has 1 saturated carbocycles. The molecule has 0 bridgehead atoms. The van der Waals surface area contributed by atoms with E-state index in [0.29, 0.717) is 36.8 Å². The summed E-state index contributed by atoms with van der Waals surface area (Å²) < 4.78 is 19.0. The molecule has 2 rings (SSSR count). The van der Waals surface area contributed by atoms with Gasteiger partial charge in [-0.2, -0.15) is 0 Å². The topological polar surface area (TPSA) is 70.6 Å². The fourth-order valence-corrected chi connectivity index (χ4v) is 2.21. The monoisotopic (exact) mass is 324 g/mol. The first-order chi connectivity index (χ1) is 11.0. The Labute approximate surface area is 136 Å². The number of ether oxygens (including phenoxy) is 1. The molecule has 1 aromatic rings. The second kappa shape index (κ2) is 7.64. The van der Waals surface area contributed by atoms with Crippen LogP contribution in [0, 0.1) is 11.7 Å². The molecule has 128 valence electrons. The Hall–Kier alpha value is -1.82. The average molecular weight is 324 g/mol. The molecule has 1 atom stereocenters. The highest BCUT2D eigenvalue weighted by atomic mass is 19.1. The van der Waals surface area contributed by atoms with E-state index in [4.69, 9.17) is 9.84 Å². The predicted molar refractivity (Wildman–Crippen MR) is 87.2 cm³/mol. The van der Waals surface area contributed by atoms with Crippen LogP contribution in [-0.2, 0) is 0 Å². The Kier molecular flexibility index (Phi) is 5.82. The van der Waals surface area contributed by atoms with E-state index in [2.05, 4.69) is 10.6 Å². The molecular formula is C17H25FN2O3. The van der Waals surface area contributed by atoms with Gasteiger partial charge in [0.05, 0.1) is 12.3 Å². The summed E-state index contributed by atoms with van der Waals surface area (Å²) in [5, 5.41) is 14.7. The summed E-state index contributed by atoms with van der Waals surface area (Å²) in [4.78, 5) is 12.2. The molecule has 3 N–H and O–H groups in total. The molecule has 2 amide bonds. The number of carbonyl (C=O) groups excluding carboxylic acids is 1. The average Bonchev–Trinajstić information content (AvgIpc) is 3.32. The lowest BCUT2D eigenvalue weighted by atomic mass is 9.95. The van der Waals surface area contributed by atoms with E-state index in [1.807, 2.05) is 13.8 Å². The third-order valence-corrected chi connectivity index (χ3v) is 4.22. The fraction of sp³-hybridized carbons (Fsp3) is 0.588. The second-order valence-electron chi connectivity index (χ2n) is 6.36. The van der Waals surface area contributed by atoms with Gasteiger partial charge in [-0.25, -0.2) is 9.18 Å². The standard InChI is InChI=1S/C17H25FN2O3/c1-3-17(2,8-9-21)20-16(22)19-14-7-6-13(18)10-15(14)23-11-12-4-5-12/h6-7,10,12,21H,3-5,8-9,11H2,1-2H3,(H2,19,20,22). The first-order valence-electron chi connectivity index (χ1n) is 8.08. The maximum atomic E-state index is 13.4. The minimum atomic E-state index is -0.492. The molecule has 1 aliphatic carbocycles.